The highest BCUT2D eigenvalue weighted by atomic mass is 16.7. The van der Waals surface area contributed by atoms with Gasteiger partial charge in [-0.2, -0.15) is 5.06 Å². The minimum atomic E-state index is 0.950. The van der Waals surface area contributed by atoms with Crippen LogP contribution in [0.1, 0.15) is 26.2 Å². The first-order chi connectivity index (χ1) is 4.86. The first kappa shape index (κ1) is 8.02. The zero-order valence-corrected chi connectivity index (χ0v) is 6.97. The average Bonchev–Trinajstić information content (AvgIpc) is 2.05. The molecule has 0 spiro atoms. The van der Waals surface area contributed by atoms with Crippen LogP contribution in [0.25, 0.3) is 0 Å². The van der Waals surface area contributed by atoms with E-state index in [1.807, 2.05) is 5.06 Å². The van der Waals surface area contributed by atoms with Crippen LogP contribution in [0.2, 0.25) is 0 Å². The Balaban J connectivity index is 2.17. The van der Waals surface area contributed by atoms with Crippen LogP contribution >= 0.6 is 0 Å². The number of rotatable bonds is 2. The van der Waals surface area contributed by atoms with Gasteiger partial charge in [0.15, 0.2) is 0 Å². The summed E-state index contributed by atoms with van der Waals surface area (Å²) in [7, 11) is 1.76. The molecule has 0 bridgehead atoms. The summed E-state index contributed by atoms with van der Waals surface area (Å²) >= 11 is 0. The van der Waals surface area contributed by atoms with Crippen LogP contribution in [0, 0.1) is 5.92 Å². The zero-order chi connectivity index (χ0) is 7.40. The second-order valence-electron chi connectivity index (χ2n) is 2.96. The second-order valence-corrected chi connectivity index (χ2v) is 2.96. The smallest absolute Gasteiger partial charge is 0.0575 e. The average molecular weight is 143 g/mol. The summed E-state index contributed by atoms with van der Waals surface area (Å²) in [5, 5.41) is 2.05. The van der Waals surface area contributed by atoms with Crippen molar-refractivity contribution in [2.45, 2.75) is 26.2 Å². The summed E-state index contributed by atoms with van der Waals surface area (Å²) in [6.45, 7) is 4.51. The highest BCUT2D eigenvalue weighted by Crippen LogP contribution is 2.19. The number of hydroxylamine groups is 2. The number of nitrogens with zero attached hydrogens (tertiary/aromatic N) is 1. The predicted molar refractivity (Wildman–Crippen MR) is 41.6 cm³/mol. The molecule has 1 aliphatic heterocycles. The SMILES string of the molecule is CCC1CCN(OC)CC1. The van der Waals surface area contributed by atoms with Gasteiger partial charge >= 0.3 is 0 Å². The van der Waals surface area contributed by atoms with Crippen LogP contribution in [0.3, 0.4) is 0 Å². The van der Waals surface area contributed by atoms with Crippen molar-refractivity contribution in [3.8, 4) is 0 Å². The van der Waals surface area contributed by atoms with Crippen LogP contribution in [0.15, 0.2) is 0 Å². The molecule has 1 fully saturated rings. The zero-order valence-electron chi connectivity index (χ0n) is 6.97. The fourth-order valence-corrected chi connectivity index (χ4v) is 1.50. The van der Waals surface area contributed by atoms with Gasteiger partial charge in [-0.15, -0.1) is 0 Å². The van der Waals surface area contributed by atoms with Gasteiger partial charge < -0.3 is 4.84 Å². The number of hydrogen-bond acceptors (Lipinski definition) is 2. The second kappa shape index (κ2) is 3.94. The number of hydrogen-bond donors (Lipinski definition) is 0. The van der Waals surface area contributed by atoms with E-state index in [-0.39, 0.29) is 0 Å². The van der Waals surface area contributed by atoms with E-state index in [1.165, 1.54) is 19.3 Å². The molecule has 0 radical (unpaired) electrons. The maximum absolute atomic E-state index is 5.12. The van der Waals surface area contributed by atoms with Crippen LogP contribution in [-0.4, -0.2) is 25.3 Å². The van der Waals surface area contributed by atoms with Gasteiger partial charge in [-0.25, -0.2) is 0 Å². The molecular weight excluding hydrogens is 126 g/mol. The minimum Gasteiger partial charge on any atom is -0.302 e. The van der Waals surface area contributed by atoms with E-state index in [0.717, 1.165) is 19.0 Å². The molecule has 0 atom stereocenters. The lowest BCUT2D eigenvalue weighted by molar-refractivity contribution is -0.148. The molecule has 0 aromatic carbocycles. The van der Waals surface area contributed by atoms with Crippen molar-refractivity contribution >= 4 is 0 Å². The van der Waals surface area contributed by atoms with Crippen LogP contribution in [0.5, 0.6) is 0 Å². The van der Waals surface area contributed by atoms with Gasteiger partial charge in [0.25, 0.3) is 0 Å². The Labute approximate surface area is 63.1 Å². The van der Waals surface area contributed by atoms with Gasteiger partial charge in [0, 0.05) is 13.1 Å². The molecule has 0 aliphatic carbocycles. The first-order valence-corrected chi connectivity index (χ1v) is 4.16. The van der Waals surface area contributed by atoms with Crippen LogP contribution in [-0.2, 0) is 4.84 Å². The molecule has 1 saturated heterocycles. The highest BCUT2D eigenvalue weighted by Gasteiger charge is 2.16. The lowest BCUT2D eigenvalue weighted by Crippen LogP contribution is -2.32. The first-order valence-electron chi connectivity index (χ1n) is 4.16. The van der Waals surface area contributed by atoms with E-state index in [1.54, 1.807) is 7.11 Å². The Kier molecular flexibility index (Phi) is 3.16. The van der Waals surface area contributed by atoms with Gasteiger partial charge in [0.05, 0.1) is 7.11 Å². The molecule has 0 N–H and O–H groups in total. The maximum Gasteiger partial charge on any atom is 0.0575 e. The molecule has 1 heterocycles. The van der Waals surface area contributed by atoms with E-state index in [0.29, 0.717) is 0 Å². The Bertz CT molecular complexity index is 75.3. The molecule has 0 unspecified atom stereocenters. The summed E-state index contributed by atoms with van der Waals surface area (Å²) in [6.07, 6.45) is 3.95. The largest absolute Gasteiger partial charge is 0.302 e. The molecule has 2 heteroatoms. The van der Waals surface area contributed by atoms with Crippen molar-refractivity contribution in [1.82, 2.24) is 5.06 Å². The number of piperidine rings is 1. The van der Waals surface area contributed by atoms with Crippen molar-refractivity contribution in [3.05, 3.63) is 0 Å². The molecule has 1 rings (SSSR count). The van der Waals surface area contributed by atoms with Gasteiger partial charge in [-0.1, -0.05) is 13.3 Å². The molecule has 60 valence electrons. The lowest BCUT2D eigenvalue weighted by Gasteiger charge is -2.29. The van der Waals surface area contributed by atoms with Crippen molar-refractivity contribution in [3.63, 3.8) is 0 Å². The summed E-state index contributed by atoms with van der Waals surface area (Å²) in [5.74, 6) is 0.950. The third-order valence-corrected chi connectivity index (χ3v) is 2.41. The quantitative estimate of drug-likeness (QED) is 0.583. The third kappa shape index (κ3) is 1.96. The summed E-state index contributed by atoms with van der Waals surface area (Å²) in [4.78, 5) is 5.12. The summed E-state index contributed by atoms with van der Waals surface area (Å²) in [6, 6.07) is 0. The molecule has 0 aromatic heterocycles. The molecule has 0 saturated carbocycles. The van der Waals surface area contributed by atoms with E-state index in [9.17, 15) is 0 Å². The van der Waals surface area contributed by atoms with Crippen molar-refractivity contribution in [1.29, 1.82) is 0 Å². The fourth-order valence-electron chi connectivity index (χ4n) is 1.50. The van der Waals surface area contributed by atoms with Gasteiger partial charge in [-0.05, 0) is 18.8 Å². The Morgan fingerprint density at radius 3 is 2.40 bits per heavy atom. The van der Waals surface area contributed by atoms with Crippen LogP contribution in [0.4, 0.5) is 0 Å². The molecule has 0 amide bonds. The van der Waals surface area contributed by atoms with E-state index >= 15 is 0 Å². The maximum atomic E-state index is 5.12. The van der Waals surface area contributed by atoms with Crippen molar-refractivity contribution in [2.75, 3.05) is 20.2 Å². The molecular formula is C8H17NO. The van der Waals surface area contributed by atoms with Gasteiger partial charge in [-0.3, -0.25) is 0 Å². The summed E-state index contributed by atoms with van der Waals surface area (Å²) in [5.41, 5.74) is 0. The molecule has 10 heavy (non-hydrogen) atoms. The van der Waals surface area contributed by atoms with Gasteiger partial charge in [0.2, 0.25) is 0 Å². The lowest BCUT2D eigenvalue weighted by atomic mass is 9.96. The Morgan fingerprint density at radius 2 is 2.00 bits per heavy atom. The van der Waals surface area contributed by atoms with Crippen LogP contribution < -0.4 is 0 Å². The summed E-state index contributed by atoms with van der Waals surface area (Å²) < 4.78 is 0. The van der Waals surface area contributed by atoms with Gasteiger partial charge in [0.1, 0.15) is 0 Å². The van der Waals surface area contributed by atoms with Crippen molar-refractivity contribution < 1.29 is 4.84 Å². The third-order valence-electron chi connectivity index (χ3n) is 2.41. The standard InChI is InChI=1S/C8H17NO/c1-3-8-4-6-9(10-2)7-5-8/h8H,3-7H2,1-2H3. The molecule has 0 aromatic rings. The fraction of sp³-hybridized carbons (Fsp3) is 1.00. The van der Waals surface area contributed by atoms with Crippen molar-refractivity contribution in [2.24, 2.45) is 5.92 Å². The Hall–Kier alpha value is -0.0800. The van der Waals surface area contributed by atoms with E-state index < -0.39 is 0 Å². The minimum absolute atomic E-state index is 0.950. The monoisotopic (exact) mass is 143 g/mol. The normalized spacial score (nSPS) is 23.4. The Morgan fingerprint density at radius 1 is 1.40 bits per heavy atom. The predicted octanol–water partition coefficient (Wildman–Crippen LogP) is 1.67. The highest BCUT2D eigenvalue weighted by molar-refractivity contribution is 4.66. The van der Waals surface area contributed by atoms with E-state index in [4.69, 9.17) is 4.84 Å². The topological polar surface area (TPSA) is 12.5 Å². The van der Waals surface area contributed by atoms with E-state index in [2.05, 4.69) is 6.92 Å². The molecule has 1 aliphatic rings. The molecule has 2 nitrogen and oxygen atoms in total.